The van der Waals surface area contributed by atoms with Crippen LogP contribution in [0.4, 0.5) is 9.18 Å². The van der Waals surface area contributed by atoms with Gasteiger partial charge in [0.1, 0.15) is 0 Å². The minimum absolute atomic E-state index is 0.0614. The van der Waals surface area contributed by atoms with Crippen molar-refractivity contribution >= 4 is 12.6 Å². The Labute approximate surface area is 56.8 Å². The third-order valence-corrected chi connectivity index (χ3v) is 0.513. The Morgan fingerprint density at radius 2 is 2.60 bits per heavy atom. The molecule has 6 heteroatoms. The van der Waals surface area contributed by atoms with Crippen molar-refractivity contribution in [2.75, 3.05) is 13.9 Å². The Kier molecular flexibility index (Phi) is 5.26. The maximum atomic E-state index is 11.1. The quantitative estimate of drug-likeness (QED) is 0.356. The fourth-order valence-corrected chi connectivity index (χ4v) is 0.222. The topological polar surface area (TPSA) is 59.9 Å². The number of hydrogen-bond acceptors (Lipinski definition) is 4. The fraction of sp³-hybridized carbons (Fsp3) is 0.500. The first-order chi connectivity index (χ1) is 4.81. The third-order valence-electron chi connectivity index (χ3n) is 0.513. The molecule has 0 spiro atoms. The molecule has 58 valence electrons. The second-order valence-electron chi connectivity index (χ2n) is 1.18. The van der Waals surface area contributed by atoms with Crippen molar-refractivity contribution in [2.45, 2.75) is 0 Å². The Morgan fingerprint density at radius 3 is 3.10 bits per heavy atom. The minimum Gasteiger partial charge on any atom is -0.421 e. The summed E-state index contributed by atoms with van der Waals surface area (Å²) in [6, 6.07) is 0. The predicted octanol–water partition coefficient (Wildman–Crippen LogP) is 0.229. The number of methoxy groups -OCH3 is 1. The van der Waals surface area contributed by atoms with Crippen molar-refractivity contribution in [2.24, 2.45) is 5.10 Å². The fourth-order valence-electron chi connectivity index (χ4n) is 0.222. The van der Waals surface area contributed by atoms with Crippen LogP contribution in [0.3, 0.4) is 0 Å². The van der Waals surface area contributed by atoms with E-state index in [1.165, 1.54) is 7.11 Å². The van der Waals surface area contributed by atoms with Crippen molar-refractivity contribution in [3.8, 4) is 0 Å². The van der Waals surface area contributed by atoms with Gasteiger partial charge in [0, 0.05) is 7.11 Å². The van der Waals surface area contributed by atoms with Crippen LogP contribution in [0.25, 0.3) is 0 Å². The van der Waals surface area contributed by atoms with E-state index in [9.17, 15) is 9.18 Å². The SMILES string of the molecule is COCOC(=O)NN=CF. The van der Waals surface area contributed by atoms with Gasteiger partial charge in [-0.2, -0.15) is 4.39 Å². The molecule has 0 radical (unpaired) electrons. The van der Waals surface area contributed by atoms with Gasteiger partial charge in [-0.1, -0.05) is 0 Å². The Hall–Kier alpha value is -1.17. The van der Waals surface area contributed by atoms with Crippen LogP contribution in [-0.2, 0) is 9.47 Å². The van der Waals surface area contributed by atoms with Gasteiger partial charge in [0.15, 0.2) is 13.3 Å². The van der Waals surface area contributed by atoms with Crippen LogP contribution in [0.5, 0.6) is 0 Å². The van der Waals surface area contributed by atoms with Crippen LogP contribution >= 0.6 is 0 Å². The molecular formula is C4H7FN2O3. The molecule has 0 atom stereocenters. The predicted molar refractivity (Wildman–Crippen MR) is 31.1 cm³/mol. The van der Waals surface area contributed by atoms with Gasteiger partial charge in [-0.05, 0) is 0 Å². The van der Waals surface area contributed by atoms with Gasteiger partial charge >= 0.3 is 6.09 Å². The molecule has 1 amide bonds. The van der Waals surface area contributed by atoms with Crippen molar-refractivity contribution in [3.05, 3.63) is 0 Å². The Balaban J connectivity index is 3.25. The van der Waals surface area contributed by atoms with Gasteiger partial charge in [-0.3, -0.25) is 0 Å². The number of rotatable bonds is 3. The number of amides is 1. The molecule has 0 bridgehead atoms. The van der Waals surface area contributed by atoms with Gasteiger partial charge in [0.25, 0.3) is 0 Å². The first kappa shape index (κ1) is 8.83. The van der Waals surface area contributed by atoms with Crippen LogP contribution in [0.1, 0.15) is 0 Å². The molecule has 0 aliphatic carbocycles. The molecule has 5 nitrogen and oxygen atoms in total. The van der Waals surface area contributed by atoms with Crippen molar-refractivity contribution in [3.63, 3.8) is 0 Å². The van der Waals surface area contributed by atoms with Gasteiger partial charge < -0.3 is 9.47 Å². The maximum Gasteiger partial charge on any atom is 0.429 e. The summed E-state index contributed by atoms with van der Waals surface area (Å²) >= 11 is 0. The smallest absolute Gasteiger partial charge is 0.421 e. The highest BCUT2D eigenvalue weighted by Crippen LogP contribution is 1.76. The number of nitrogens with one attached hydrogen (secondary N) is 1. The molecule has 0 aromatic heterocycles. The van der Waals surface area contributed by atoms with E-state index in [1.807, 2.05) is 0 Å². The van der Waals surface area contributed by atoms with Crippen LogP contribution in [0.15, 0.2) is 5.10 Å². The second-order valence-corrected chi connectivity index (χ2v) is 1.18. The summed E-state index contributed by atoms with van der Waals surface area (Å²) in [5.74, 6) is 0. The third kappa shape index (κ3) is 4.98. The van der Waals surface area contributed by atoms with Gasteiger partial charge in [0.05, 0.1) is 0 Å². The largest absolute Gasteiger partial charge is 0.429 e. The summed E-state index contributed by atoms with van der Waals surface area (Å²) in [5.41, 5.74) is 1.72. The van der Waals surface area contributed by atoms with E-state index in [-0.39, 0.29) is 13.3 Å². The lowest BCUT2D eigenvalue weighted by molar-refractivity contribution is 0.0121. The van der Waals surface area contributed by atoms with Gasteiger partial charge in [-0.25, -0.2) is 10.2 Å². The van der Waals surface area contributed by atoms with E-state index >= 15 is 0 Å². The molecule has 0 unspecified atom stereocenters. The summed E-state index contributed by atoms with van der Waals surface area (Å²) in [7, 11) is 1.35. The first-order valence-electron chi connectivity index (χ1n) is 2.34. The molecule has 0 heterocycles. The number of ether oxygens (including phenoxy) is 2. The number of nitrogens with zero attached hydrogens (tertiary/aromatic N) is 1. The van der Waals surface area contributed by atoms with E-state index in [1.54, 1.807) is 5.43 Å². The van der Waals surface area contributed by atoms with Gasteiger partial charge in [0.2, 0.25) is 0 Å². The highest BCUT2D eigenvalue weighted by atomic mass is 19.1. The van der Waals surface area contributed by atoms with Crippen molar-refractivity contribution in [1.82, 2.24) is 5.43 Å². The molecular weight excluding hydrogens is 143 g/mol. The van der Waals surface area contributed by atoms with Crippen LogP contribution in [0, 0.1) is 0 Å². The van der Waals surface area contributed by atoms with Crippen molar-refractivity contribution in [1.29, 1.82) is 0 Å². The highest BCUT2D eigenvalue weighted by molar-refractivity contribution is 5.67. The zero-order chi connectivity index (χ0) is 7.82. The molecule has 0 fully saturated rings. The lowest BCUT2D eigenvalue weighted by Gasteiger charge is -1.99. The van der Waals surface area contributed by atoms with E-state index in [0.717, 1.165) is 0 Å². The lowest BCUT2D eigenvalue weighted by Crippen LogP contribution is -2.19. The molecule has 0 aliphatic heterocycles. The van der Waals surface area contributed by atoms with E-state index in [4.69, 9.17) is 0 Å². The molecule has 0 saturated carbocycles. The van der Waals surface area contributed by atoms with E-state index in [0.29, 0.717) is 0 Å². The van der Waals surface area contributed by atoms with Crippen LogP contribution in [-0.4, -0.2) is 26.5 Å². The minimum atomic E-state index is -0.865. The Bertz CT molecular complexity index is 128. The standard InChI is InChI=1S/C4H7FN2O3/c1-9-3-10-4(8)7-6-2-5/h2H,3H2,1H3,(H,7,8). The number of carbonyl (C=O) groups is 1. The number of hydrogen-bond donors (Lipinski definition) is 1. The molecule has 10 heavy (non-hydrogen) atoms. The maximum absolute atomic E-state index is 11.1. The lowest BCUT2D eigenvalue weighted by atomic mass is 11.2. The van der Waals surface area contributed by atoms with E-state index < -0.39 is 6.09 Å². The summed E-state index contributed by atoms with van der Waals surface area (Å²) in [5, 5.41) is 2.75. The molecule has 0 rings (SSSR count). The number of hydrazone groups is 1. The first-order valence-corrected chi connectivity index (χ1v) is 2.34. The average molecular weight is 150 g/mol. The van der Waals surface area contributed by atoms with Crippen LogP contribution < -0.4 is 5.43 Å². The molecule has 0 saturated heterocycles. The summed E-state index contributed by atoms with van der Waals surface area (Å²) in [6.45, 7) is -0.248. The van der Waals surface area contributed by atoms with Crippen LogP contribution in [0.2, 0.25) is 0 Å². The molecule has 0 aromatic carbocycles. The van der Waals surface area contributed by atoms with Crippen molar-refractivity contribution < 1.29 is 18.7 Å². The summed E-state index contributed by atoms with van der Waals surface area (Å²) in [4.78, 5) is 10.3. The van der Waals surface area contributed by atoms with Gasteiger partial charge in [-0.15, -0.1) is 5.10 Å². The zero-order valence-corrected chi connectivity index (χ0v) is 5.33. The summed E-state index contributed by atoms with van der Waals surface area (Å²) < 4.78 is 19.7. The average Bonchev–Trinajstić information content (AvgIpc) is 1.97. The number of carbonyl (C=O) groups excluding carboxylic acids is 1. The normalized spacial score (nSPS) is 9.80. The van der Waals surface area contributed by atoms with E-state index in [2.05, 4.69) is 14.6 Å². The highest BCUT2D eigenvalue weighted by Gasteiger charge is 1.95. The second kappa shape index (κ2) is 5.96. The number of halogens is 1. The Morgan fingerprint density at radius 1 is 1.90 bits per heavy atom. The zero-order valence-electron chi connectivity index (χ0n) is 5.33. The monoisotopic (exact) mass is 150 g/mol. The molecule has 1 N–H and O–H groups in total. The molecule has 0 aliphatic rings. The summed E-state index contributed by atoms with van der Waals surface area (Å²) in [6.07, 6.45) is -0.865. The molecule has 0 aromatic rings.